The van der Waals surface area contributed by atoms with Crippen molar-refractivity contribution in [2.45, 2.75) is 19.4 Å². The molecule has 1 fully saturated rings. The largest absolute Gasteiger partial charge is 0.353 e. The molecule has 1 unspecified atom stereocenters. The third-order valence-corrected chi connectivity index (χ3v) is 3.67. The van der Waals surface area contributed by atoms with Crippen LogP contribution in [0.5, 0.6) is 0 Å². The fourth-order valence-corrected chi connectivity index (χ4v) is 2.68. The number of aryl methyl sites for hydroxylation is 1. The summed E-state index contributed by atoms with van der Waals surface area (Å²) in [6.45, 7) is 3.94. The molecular formula is C12H14BrN5. The average molecular weight is 308 g/mol. The van der Waals surface area contributed by atoms with Crippen molar-refractivity contribution >= 4 is 21.7 Å². The Morgan fingerprint density at radius 1 is 1.33 bits per heavy atom. The summed E-state index contributed by atoms with van der Waals surface area (Å²) in [5, 5.41) is 4.36. The van der Waals surface area contributed by atoms with Gasteiger partial charge < -0.3 is 4.90 Å². The van der Waals surface area contributed by atoms with E-state index in [1.807, 2.05) is 24.0 Å². The van der Waals surface area contributed by atoms with Crippen LogP contribution >= 0.6 is 15.9 Å². The first-order chi connectivity index (χ1) is 8.74. The molecule has 0 amide bonds. The van der Waals surface area contributed by atoms with E-state index in [0.29, 0.717) is 6.04 Å². The molecule has 2 aromatic rings. The van der Waals surface area contributed by atoms with Crippen LogP contribution in [0, 0.1) is 6.92 Å². The van der Waals surface area contributed by atoms with E-state index in [-0.39, 0.29) is 0 Å². The second kappa shape index (κ2) is 4.68. The summed E-state index contributed by atoms with van der Waals surface area (Å²) in [5.74, 6) is 0.992. The quantitative estimate of drug-likeness (QED) is 0.853. The Morgan fingerprint density at radius 2 is 2.17 bits per heavy atom. The Labute approximate surface area is 114 Å². The van der Waals surface area contributed by atoms with Crippen LogP contribution in [0.15, 0.2) is 29.3 Å². The molecule has 94 valence electrons. The maximum absolute atomic E-state index is 4.42. The molecule has 1 atom stereocenters. The zero-order chi connectivity index (χ0) is 12.5. The highest BCUT2D eigenvalue weighted by atomic mass is 79.9. The highest BCUT2D eigenvalue weighted by molar-refractivity contribution is 9.10. The lowest BCUT2D eigenvalue weighted by Gasteiger charge is -2.18. The van der Waals surface area contributed by atoms with Crippen molar-refractivity contribution in [3.8, 4) is 0 Å². The van der Waals surface area contributed by atoms with Crippen LogP contribution in [-0.2, 0) is 0 Å². The molecule has 5 nitrogen and oxygen atoms in total. The van der Waals surface area contributed by atoms with Crippen LogP contribution < -0.4 is 4.90 Å². The van der Waals surface area contributed by atoms with E-state index >= 15 is 0 Å². The lowest BCUT2D eigenvalue weighted by Crippen LogP contribution is -2.23. The van der Waals surface area contributed by atoms with Gasteiger partial charge in [-0.1, -0.05) is 0 Å². The fourth-order valence-electron chi connectivity index (χ4n) is 2.38. The van der Waals surface area contributed by atoms with Crippen LogP contribution in [0.4, 0.5) is 5.82 Å². The molecule has 1 aliphatic heterocycles. The molecule has 1 saturated heterocycles. The molecule has 0 spiro atoms. The molecule has 3 rings (SSSR count). The van der Waals surface area contributed by atoms with Gasteiger partial charge >= 0.3 is 0 Å². The Kier molecular flexibility index (Phi) is 3.03. The predicted molar refractivity (Wildman–Crippen MR) is 72.6 cm³/mol. The SMILES string of the molecule is Cc1nccnc1N1CCC(n2cc(Br)cn2)C1. The topological polar surface area (TPSA) is 46.8 Å². The highest BCUT2D eigenvalue weighted by Gasteiger charge is 2.26. The van der Waals surface area contributed by atoms with Gasteiger partial charge in [-0.05, 0) is 29.3 Å². The van der Waals surface area contributed by atoms with Crippen LogP contribution in [-0.4, -0.2) is 32.8 Å². The molecule has 0 saturated carbocycles. The number of anilines is 1. The van der Waals surface area contributed by atoms with Gasteiger partial charge in [-0.2, -0.15) is 5.10 Å². The van der Waals surface area contributed by atoms with Gasteiger partial charge in [-0.25, -0.2) is 4.98 Å². The summed E-state index contributed by atoms with van der Waals surface area (Å²) in [6, 6.07) is 0.415. The van der Waals surface area contributed by atoms with E-state index in [0.717, 1.165) is 35.5 Å². The predicted octanol–water partition coefficient (Wildman–Crippen LogP) is 2.20. The van der Waals surface area contributed by atoms with Gasteiger partial charge in [-0.3, -0.25) is 9.67 Å². The molecule has 18 heavy (non-hydrogen) atoms. The van der Waals surface area contributed by atoms with Crippen LogP contribution in [0.2, 0.25) is 0 Å². The van der Waals surface area contributed by atoms with E-state index in [9.17, 15) is 0 Å². The maximum Gasteiger partial charge on any atom is 0.150 e. The Bertz CT molecular complexity index is 553. The van der Waals surface area contributed by atoms with Gasteiger partial charge in [0, 0.05) is 31.7 Å². The van der Waals surface area contributed by atoms with Crippen LogP contribution in [0.25, 0.3) is 0 Å². The summed E-state index contributed by atoms with van der Waals surface area (Å²) < 4.78 is 3.05. The maximum atomic E-state index is 4.42. The summed E-state index contributed by atoms with van der Waals surface area (Å²) in [5.41, 5.74) is 0.986. The van der Waals surface area contributed by atoms with Crippen LogP contribution in [0.1, 0.15) is 18.2 Å². The normalized spacial score (nSPS) is 19.4. The molecule has 1 aliphatic rings. The lowest BCUT2D eigenvalue weighted by molar-refractivity contribution is 0.494. The van der Waals surface area contributed by atoms with Gasteiger partial charge in [0.1, 0.15) is 5.82 Å². The third kappa shape index (κ3) is 2.12. The van der Waals surface area contributed by atoms with Crippen molar-refractivity contribution in [2.75, 3.05) is 18.0 Å². The minimum atomic E-state index is 0.415. The first-order valence-electron chi connectivity index (χ1n) is 5.96. The van der Waals surface area contributed by atoms with Crippen molar-refractivity contribution in [3.63, 3.8) is 0 Å². The monoisotopic (exact) mass is 307 g/mol. The van der Waals surface area contributed by atoms with Gasteiger partial charge in [0.15, 0.2) is 0 Å². The molecule has 3 heterocycles. The Balaban J connectivity index is 1.78. The van der Waals surface area contributed by atoms with E-state index in [4.69, 9.17) is 0 Å². The van der Waals surface area contributed by atoms with Gasteiger partial charge in [-0.15, -0.1) is 0 Å². The van der Waals surface area contributed by atoms with E-state index in [2.05, 4.69) is 35.9 Å². The van der Waals surface area contributed by atoms with Crippen molar-refractivity contribution in [2.24, 2.45) is 0 Å². The molecule has 0 aromatic carbocycles. The van der Waals surface area contributed by atoms with Gasteiger partial charge in [0.05, 0.1) is 22.4 Å². The fraction of sp³-hybridized carbons (Fsp3) is 0.417. The van der Waals surface area contributed by atoms with E-state index in [1.165, 1.54) is 0 Å². The number of hydrogen-bond donors (Lipinski definition) is 0. The molecular weight excluding hydrogens is 294 g/mol. The Hall–Kier alpha value is -1.43. The van der Waals surface area contributed by atoms with Crippen molar-refractivity contribution < 1.29 is 0 Å². The zero-order valence-electron chi connectivity index (χ0n) is 10.1. The molecule has 2 aromatic heterocycles. The third-order valence-electron chi connectivity index (χ3n) is 3.26. The van der Waals surface area contributed by atoms with Crippen molar-refractivity contribution in [3.05, 3.63) is 35.0 Å². The standard InChI is InChI=1S/C12H14BrN5/c1-9-12(15-4-3-14-9)17-5-2-11(8-17)18-7-10(13)6-16-18/h3-4,6-7,11H,2,5,8H2,1H3. The van der Waals surface area contributed by atoms with Gasteiger partial charge in [0.25, 0.3) is 0 Å². The molecule has 6 heteroatoms. The number of aromatic nitrogens is 4. The molecule has 0 aliphatic carbocycles. The van der Waals surface area contributed by atoms with Crippen LogP contribution in [0.3, 0.4) is 0 Å². The van der Waals surface area contributed by atoms with Crippen molar-refractivity contribution in [1.82, 2.24) is 19.7 Å². The summed E-state index contributed by atoms with van der Waals surface area (Å²) in [4.78, 5) is 11.0. The number of hydrogen-bond acceptors (Lipinski definition) is 4. The van der Waals surface area contributed by atoms with E-state index < -0.39 is 0 Å². The first-order valence-corrected chi connectivity index (χ1v) is 6.75. The van der Waals surface area contributed by atoms with Gasteiger partial charge in [0.2, 0.25) is 0 Å². The first kappa shape index (κ1) is 11.6. The highest BCUT2D eigenvalue weighted by Crippen LogP contribution is 2.27. The number of rotatable bonds is 2. The second-order valence-electron chi connectivity index (χ2n) is 4.49. The lowest BCUT2D eigenvalue weighted by atomic mass is 10.3. The summed E-state index contributed by atoms with van der Waals surface area (Å²) >= 11 is 3.43. The average Bonchev–Trinajstić information content (AvgIpc) is 2.98. The number of nitrogens with zero attached hydrogens (tertiary/aromatic N) is 5. The second-order valence-corrected chi connectivity index (χ2v) is 5.41. The molecule has 0 radical (unpaired) electrons. The number of halogens is 1. The minimum Gasteiger partial charge on any atom is -0.353 e. The zero-order valence-corrected chi connectivity index (χ0v) is 11.7. The summed E-state index contributed by atoms with van der Waals surface area (Å²) in [6.07, 6.45) is 8.43. The van der Waals surface area contributed by atoms with Crippen molar-refractivity contribution in [1.29, 1.82) is 0 Å². The molecule has 0 N–H and O–H groups in total. The van der Waals surface area contributed by atoms with E-state index in [1.54, 1.807) is 12.4 Å². The minimum absolute atomic E-state index is 0.415. The smallest absolute Gasteiger partial charge is 0.150 e. The Morgan fingerprint density at radius 3 is 2.89 bits per heavy atom. The summed E-state index contributed by atoms with van der Waals surface area (Å²) in [7, 11) is 0. The molecule has 0 bridgehead atoms.